The highest BCUT2D eigenvalue weighted by molar-refractivity contribution is 5.81. The molecule has 0 aromatic heterocycles. The molecule has 0 spiro atoms. The molecule has 3 aromatic carbocycles. The van der Waals surface area contributed by atoms with Gasteiger partial charge in [-0.15, -0.1) is 0 Å². The van der Waals surface area contributed by atoms with Gasteiger partial charge in [0.2, 0.25) is 0 Å². The first kappa shape index (κ1) is 20.4. The summed E-state index contributed by atoms with van der Waals surface area (Å²) in [6, 6.07) is 24.7. The van der Waals surface area contributed by atoms with Gasteiger partial charge in [0.1, 0.15) is 0 Å². The van der Waals surface area contributed by atoms with Crippen LogP contribution in [0.3, 0.4) is 0 Å². The van der Waals surface area contributed by atoms with Gasteiger partial charge in [-0.25, -0.2) is 0 Å². The molecule has 4 rings (SSSR count). The molecule has 152 valence electrons. The van der Waals surface area contributed by atoms with Crippen LogP contribution in [0.4, 0.5) is 0 Å². The molecule has 0 saturated carbocycles. The van der Waals surface area contributed by atoms with Gasteiger partial charge < -0.3 is 0 Å². The van der Waals surface area contributed by atoms with Crippen LogP contribution in [0, 0.1) is 6.92 Å². The Balaban J connectivity index is 1.65. The summed E-state index contributed by atoms with van der Waals surface area (Å²) >= 11 is 0. The van der Waals surface area contributed by atoms with Crippen LogP contribution in [-0.4, -0.2) is 0 Å². The maximum atomic E-state index is 2.47. The van der Waals surface area contributed by atoms with Crippen LogP contribution in [-0.2, 0) is 11.8 Å². The molecule has 3 aromatic rings. The zero-order valence-corrected chi connectivity index (χ0v) is 18.7. The lowest BCUT2D eigenvalue weighted by molar-refractivity contribution is 0.490. The van der Waals surface area contributed by atoms with Crippen molar-refractivity contribution in [3.05, 3.63) is 113 Å². The fourth-order valence-electron chi connectivity index (χ4n) is 5.11. The monoisotopic (exact) mass is 392 g/mol. The minimum Gasteiger partial charge on any atom is -0.0798 e. The summed E-state index contributed by atoms with van der Waals surface area (Å²) in [5.41, 5.74) is 11.4. The van der Waals surface area contributed by atoms with Crippen LogP contribution in [0.5, 0.6) is 0 Å². The molecule has 0 unspecified atom stereocenters. The first-order valence-electron chi connectivity index (χ1n) is 11.3. The molecule has 0 heteroatoms. The lowest BCUT2D eigenvalue weighted by atomic mass is 9.73. The molecule has 0 amide bonds. The largest absolute Gasteiger partial charge is 0.0798 e. The number of rotatable bonds is 6. The molecule has 0 fully saturated rings. The van der Waals surface area contributed by atoms with Crippen LogP contribution in [0.25, 0.3) is 16.7 Å². The summed E-state index contributed by atoms with van der Waals surface area (Å²) in [5, 5.41) is 0. The molecule has 0 nitrogen and oxygen atoms in total. The summed E-state index contributed by atoms with van der Waals surface area (Å²) in [7, 11) is 0. The van der Waals surface area contributed by atoms with Crippen molar-refractivity contribution in [2.75, 3.05) is 0 Å². The average Bonchev–Trinajstić information content (AvgIpc) is 3.06. The van der Waals surface area contributed by atoms with Gasteiger partial charge in [-0.3, -0.25) is 0 Å². The van der Waals surface area contributed by atoms with Crippen LogP contribution in [0.2, 0.25) is 0 Å². The Hall–Kier alpha value is -2.86. The molecular formula is C30H32. The lowest BCUT2D eigenvalue weighted by Gasteiger charge is -2.30. The fraction of sp³-hybridized carbons (Fsp3) is 0.267. The molecule has 0 saturated heterocycles. The van der Waals surface area contributed by atoms with Crippen molar-refractivity contribution in [3.8, 4) is 11.1 Å². The van der Waals surface area contributed by atoms with Crippen LogP contribution >= 0.6 is 0 Å². The van der Waals surface area contributed by atoms with Crippen molar-refractivity contribution in [2.24, 2.45) is 0 Å². The molecule has 30 heavy (non-hydrogen) atoms. The van der Waals surface area contributed by atoms with Gasteiger partial charge in [0.25, 0.3) is 0 Å². The Morgan fingerprint density at radius 3 is 2.17 bits per heavy atom. The number of benzene rings is 3. The third kappa shape index (κ3) is 3.45. The van der Waals surface area contributed by atoms with E-state index in [1.165, 1.54) is 44.5 Å². The van der Waals surface area contributed by atoms with E-state index in [4.69, 9.17) is 0 Å². The van der Waals surface area contributed by atoms with Crippen molar-refractivity contribution < 1.29 is 0 Å². The smallest absolute Gasteiger partial charge is 0.0210 e. The quantitative estimate of drug-likeness (QED) is 0.370. The fourth-order valence-corrected chi connectivity index (χ4v) is 5.11. The summed E-state index contributed by atoms with van der Waals surface area (Å²) in [6.07, 6.45) is 9.98. The number of hydrogen-bond donors (Lipinski definition) is 0. The Kier molecular flexibility index (Phi) is 5.77. The number of aryl methyl sites for hydroxylation is 1. The van der Waals surface area contributed by atoms with Crippen LogP contribution in [0.1, 0.15) is 61.4 Å². The van der Waals surface area contributed by atoms with Crippen molar-refractivity contribution in [2.45, 2.75) is 52.4 Å². The third-order valence-corrected chi connectivity index (χ3v) is 6.86. The van der Waals surface area contributed by atoms with Gasteiger partial charge in [0.05, 0.1) is 0 Å². The van der Waals surface area contributed by atoms with Gasteiger partial charge in [0, 0.05) is 5.41 Å². The lowest BCUT2D eigenvalue weighted by Crippen LogP contribution is -2.23. The predicted molar refractivity (Wildman–Crippen MR) is 131 cm³/mol. The zero-order chi connectivity index (χ0) is 21.1. The van der Waals surface area contributed by atoms with Gasteiger partial charge in [-0.1, -0.05) is 104 Å². The van der Waals surface area contributed by atoms with Gasteiger partial charge >= 0.3 is 0 Å². The van der Waals surface area contributed by atoms with E-state index < -0.39 is 0 Å². The molecule has 0 radical (unpaired) electrons. The normalized spacial score (nSPS) is 14.7. The summed E-state index contributed by atoms with van der Waals surface area (Å²) in [6.45, 7) is 9.00. The second kappa shape index (κ2) is 8.48. The van der Waals surface area contributed by atoms with Gasteiger partial charge in [0.15, 0.2) is 0 Å². The second-order valence-electron chi connectivity index (χ2n) is 8.43. The molecule has 0 N–H and O–H groups in total. The molecule has 0 aliphatic heterocycles. The van der Waals surface area contributed by atoms with Gasteiger partial charge in [-0.05, 0) is 72.1 Å². The Labute approximate surface area is 182 Å². The maximum Gasteiger partial charge on any atom is 0.0210 e. The highest BCUT2D eigenvalue weighted by Crippen LogP contribution is 2.53. The van der Waals surface area contributed by atoms with Crippen molar-refractivity contribution in [1.29, 1.82) is 0 Å². The molecule has 1 aliphatic carbocycles. The first-order chi connectivity index (χ1) is 14.6. The Bertz CT molecular complexity index is 1090. The van der Waals surface area contributed by atoms with E-state index in [0.717, 1.165) is 19.3 Å². The van der Waals surface area contributed by atoms with E-state index in [-0.39, 0.29) is 5.41 Å². The third-order valence-electron chi connectivity index (χ3n) is 6.86. The highest BCUT2D eigenvalue weighted by atomic mass is 14.4. The van der Waals surface area contributed by atoms with Crippen LogP contribution in [0.15, 0.2) is 85.0 Å². The van der Waals surface area contributed by atoms with Crippen molar-refractivity contribution in [3.63, 3.8) is 0 Å². The first-order valence-corrected chi connectivity index (χ1v) is 11.3. The van der Waals surface area contributed by atoms with E-state index in [0.29, 0.717) is 0 Å². The number of hydrogen-bond acceptors (Lipinski definition) is 0. The van der Waals surface area contributed by atoms with E-state index in [1.807, 2.05) is 0 Å². The summed E-state index contributed by atoms with van der Waals surface area (Å²) < 4.78 is 0. The number of allylic oxidation sites excluding steroid dienone is 4. The van der Waals surface area contributed by atoms with E-state index >= 15 is 0 Å². The Morgan fingerprint density at radius 2 is 1.50 bits per heavy atom. The van der Waals surface area contributed by atoms with Crippen LogP contribution < -0.4 is 0 Å². The minimum absolute atomic E-state index is 0.148. The molecule has 0 bridgehead atoms. The highest BCUT2D eigenvalue weighted by Gasteiger charge is 2.40. The van der Waals surface area contributed by atoms with Crippen molar-refractivity contribution >= 4 is 5.57 Å². The minimum atomic E-state index is 0.148. The van der Waals surface area contributed by atoms with Crippen molar-refractivity contribution in [1.82, 2.24) is 0 Å². The molecule has 0 heterocycles. The summed E-state index contributed by atoms with van der Waals surface area (Å²) in [4.78, 5) is 0. The van der Waals surface area contributed by atoms with E-state index in [2.05, 4.69) is 113 Å². The Morgan fingerprint density at radius 1 is 0.833 bits per heavy atom. The molecular weight excluding hydrogens is 360 g/mol. The average molecular weight is 393 g/mol. The topological polar surface area (TPSA) is 0 Å². The molecule has 1 aliphatic rings. The van der Waals surface area contributed by atoms with Gasteiger partial charge in [-0.2, -0.15) is 0 Å². The SMILES string of the molecule is C/C=C(\C=C/Cc1ccc2c(c1)C(CC)(CC)c1cc(C)ccc1-2)c1ccccc1. The van der Waals surface area contributed by atoms with E-state index in [1.54, 1.807) is 0 Å². The number of fused-ring (bicyclic) bond motifs is 3. The standard InChI is InChI=1S/C30H32/c1-5-24(25-13-9-8-10-14-25)15-11-12-23-17-19-27-26-18-16-22(4)20-28(26)30(6-2,7-3)29(27)21-23/h5,8-11,13-21H,6-7,12H2,1-4H3/b15-11-,24-5+. The maximum absolute atomic E-state index is 2.47. The zero-order valence-electron chi connectivity index (χ0n) is 18.7. The molecule has 0 atom stereocenters. The summed E-state index contributed by atoms with van der Waals surface area (Å²) in [5.74, 6) is 0. The second-order valence-corrected chi connectivity index (χ2v) is 8.43. The predicted octanol–water partition coefficient (Wildman–Crippen LogP) is 8.28. The van der Waals surface area contributed by atoms with E-state index in [9.17, 15) is 0 Å².